The van der Waals surface area contributed by atoms with Crippen LogP contribution in [0.3, 0.4) is 0 Å². The van der Waals surface area contributed by atoms with Gasteiger partial charge in [-0.15, -0.1) is 0 Å². The molecule has 0 amide bonds. The van der Waals surface area contributed by atoms with E-state index in [1.54, 1.807) is 0 Å². The minimum absolute atomic E-state index is 0.0151. The van der Waals surface area contributed by atoms with E-state index in [9.17, 15) is 10.2 Å². The number of aryl methyl sites for hydroxylation is 2. The minimum atomic E-state index is -0.857. The van der Waals surface area contributed by atoms with E-state index in [2.05, 4.69) is 41.2 Å². The van der Waals surface area contributed by atoms with Crippen LogP contribution in [0, 0.1) is 5.92 Å². The number of nitrogens with zero attached hydrogens (tertiary/aromatic N) is 4. The van der Waals surface area contributed by atoms with Crippen LogP contribution in [0.15, 0.2) is 42.9 Å². The highest BCUT2D eigenvalue weighted by Gasteiger charge is 2.42. The molecule has 176 valence electrons. The van der Waals surface area contributed by atoms with Crippen molar-refractivity contribution in [3.8, 4) is 5.75 Å². The van der Waals surface area contributed by atoms with Crippen LogP contribution < -0.4 is 10.5 Å². The molecule has 0 spiro atoms. The van der Waals surface area contributed by atoms with Crippen molar-refractivity contribution in [1.82, 2.24) is 19.5 Å². The first-order valence-corrected chi connectivity index (χ1v) is 12.0. The van der Waals surface area contributed by atoms with Gasteiger partial charge in [0.25, 0.3) is 0 Å². The molecule has 4 heterocycles. The van der Waals surface area contributed by atoms with Gasteiger partial charge in [0, 0.05) is 11.6 Å². The number of hydrogen-bond acceptors (Lipinski definition) is 7. The summed E-state index contributed by atoms with van der Waals surface area (Å²) in [6, 6.07) is 10.1. The molecule has 4 aromatic rings. The fraction of sp³-hybridized carbons (Fsp3) is 0.423. The minimum Gasteiger partial charge on any atom is -0.489 e. The summed E-state index contributed by atoms with van der Waals surface area (Å²) in [4.78, 5) is 13.2. The molecule has 5 atom stereocenters. The van der Waals surface area contributed by atoms with Gasteiger partial charge in [0.15, 0.2) is 0 Å². The molecule has 1 aliphatic carbocycles. The first-order chi connectivity index (χ1) is 16.5. The fourth-order valence-electron chi connectivity index (χ4n) is 5.56. The predicted octanol–water partition coefficient (Wildman–Crippen LogP) is 3.19. The van der Waals surface area contributed by atoms with E-state index in [1.165, 1.54) is 11.9 Å². The van der Waals surface area contributed by atoms with Crippen molar-refractivity contribution >= 4 is 27.8 Å². The zero-order chi connectivity index (χ0) is 23.4. The van der Waals surface area contributed by atoms with E-state index in [-0.39, 0.29) is 18.1 Å². The SMILES string of the molecule is C[C@@H]1CCc2nc3cc(CC[C@H]4C[C@@H](n5ccc6c(N)ncnc65)[C@H](O)[C@@H]4O)ccc3cc2O1. The highest BCUT2D eigenvalue weighted by molar-refractivity contribution is 5.86. The van der Waals surface area contributed by atoms with Crippen molar-refractivity contribution in [2.24, 2.45) is 5.92 Å². The van der Waals surface area contributed by atoms with Crippen molar-refractivity contribution in [1.29, 1.82) is 0 Å². The fourth-order valence-corrected chi connectivity index (χ4v) is 5.56. The lowest BCUT2D eigenvalue weighted by molar-refractivity contribution is 0.00545. The predicted molar refractivity (Wildman–Crippen MR) is 130 cm³/mol. The third-order valence-corrected chi connectivity index (χ3v) is 7.51. The maximum absolute atomic E-state index is 10.8. The van der Waals surface area contributed by atoms with Gasteiger partial charge in [-0.3, -0.25) is 0 Å². The number of hydrogen-bond donors (Lipinski definition) is 3. The number of ether oxygens (including phenoxy) is 1. The van der Waals surface area contributed by atoms with Gasteiger partial charge in [-0.2, -0.15) is 0 Å². The third-order valence-electron chi connectivity index (χ3n) is 7.51. The molecule has 34 heavy (non-hydrogen) atoms. The number of pyridine rings is 1. The summed E-state index contributed by atoms with van der Waals surface area (Å²) in [6.45, 7) is 2.09. The Morgan fingerprint density at radius 3 is 2.91 bits per heavy atom. The number of aromatic nitrogens is 4. The molecule has 0 bridgehead atoms. The number of benzene rings is 1. The molecule has 2 aliphatic rings. The van der Waals surface area contributed by atoms with Gasteiger partial charge < -0.3 is 25.3 Å². The molecule has 8 nitrogen and oxygen atoms in total. The van der Waals surface area contributed by atoms with Crippen LogP contribution in [0.25, 0.3) is 21.9 Å². The van der Waals surface area contributed by atoms with Crippen molar-refractivity contribution in [2.75, 3.05) is 5.73 Å². The summed E-state index contributed by atoms with van der Waals surface area (Å²) in [6.07, 6.45) is 6.09. The Hall–Kier alpha value is -3.23. The van der Waals surface area contributed by atoms with Gasteiger partial charge in [0.1, 0.15) is 29.6 Å². The van der Waals surface area contributed by atoms with Crippen LogP contribution >= 0.6 is 0 Å². The van der Waals surface area contributed by atoms with Crippen molar-refractivity contribution in [2.45, 2.75) is 63.4 Å². The molecule has 3 aromatic heterocycles. The molecule has 0 radical (unpaired) electrons. The van der Waals surface area contributed by atoms with Gasteiger partial charge in [-0.1, -0.05) is 12.1 Å². The lowest BCUT2D eigenvalue weighted by Gasteiger charge is -2.23. The van der Waals surface area contributed by atoms with E-state index in [1.807, 2.05) is 16.8 Å². The molecule has 0 unspecified atom stereocenters. The highest BCUT2D eigenvalue weighted by atomic mass is 16.5. The van der Waals surface area contributed by atoms with Gasteiger partial charge in [0.05, 0.1) is 34.8 Å². The molecular formula is C26H29N5O3. The van der Waals surface area contributed by atoms with Gasteiger partial charge in [0.2, 0.25) is 0 Å². The second kappa shape index (κ2) is 8.21. The quantitative estimate of drug-likeness (QED) is 0.429. The lowest BCUT2D eigenvalue weighted by Crippen LogP contribution is -2.29. The zero-order valence-electron chi connectivity index (χ0n) is 19.1. The van der Waals surface area contributed by atoms with Crippen LogP contribution in [0.5, 0.6) is 5.75 Å². The van der Waals surface area contributed by atoms with E-state index in [0.717, 1.165) is 53.4 Å². The Morgan fingerprint density at radius 1 is 1.15 bits per heavy atom. The van der Waals surface area contributed by atoms with Gasteiger partial charge in [-0.25, -0.2) is 15.0 Å². The maximum atomic E-state index is 10.8. The molecule has 1 fully saturated rings. The van der Waals surface area contributed by atoms with E-state index < -0.39 is 12.2 Å². The highest BCUT2D eigenvalue weighted by Crippen LogP contribution is 2.40. The largest absolute Gasteiger partial charge is 0.489 e. The molecule has 1 aromatic carbocycles. The molecule has 4 N–H and O–H groups in total. The number of fused-ring (bicyclic) bond motifs is 3. The van der Waals surface area contributed by atoms with Gasteiger partial charge in [-0.05, 0) is 68.7 Å². The van der Waals surface area contributed by atoms with E-state index >= 15 is 0 Å². The van der Waals surface area contributed by atoms with Crippen molar-refractivity contribution in [3.05, 3.63) is 54.1 Å². The smallest absolute Gasteiger partial charge is 0.145 e. The summed E-state index contributed by atoms with van der Waals surface area (Å²) >= 11 is 0. The zero-order valence-corrected chi connectivity index (χ0v) is 19.1. The van der Waals surface area contributed by atoms with Crippen molar-refractivity contribution < 1.29 is 14.9 Å². The average Bonchev–Trinajstić information content (AvgIpc) is 3.38. The summed E-state index contributed by atoms with van der Waals surface area (Å²) in [5.41, 5.74) is 9.85. The molecule has 8 heteroatoms. The normalized spacial score (nSPS) is 26.6. The van der Waals surface area contributed by atoms with Crippen LogP contribution in [0.2, 0.25) is 0 Å². The Kier molecular flexibility index (Phi) is 5.15. The molecular weight excluding hydrogens is 430 g/mol. The monoisotopic (exact) mass is 459 g/mol. The summed E-state index contributed by atoms with van der Waals surface area (Å²) in [7, 11) is 0. The lowest BCUT2D eigenvalue weighted by atomic mass is 9.95. The second-order valence-electron chi connectivity index (χ2n) is 9.73. The summed E-state index contributed by atoms with van der Waals surface area (Å²) in [5, 5.41) is 23.5. The Bertz CT molecular complexity index is 1370. The number of nitrogen functional groups attached to an aromatic ring is 1. The van der Waals surface area contributed by atoms with Crippen LogP contribution in [-0.4, -0.2) is 48.0 Å². The number of aliphatic hydroxyl groups excluding tert-OH is 2. The summed E-state index contributed by atoms with van der Waals surface area (Å²) in [5.74, 6) is 1.30. The first-order valence-electron chi connectivity index (χ1n) is 12.0. The second-order valence-corrected chi connectivity index (χ2v) is 9.73. The molecule has 0 saturated heterocycles. The van der Waals surface area contributed by atoms with E-state index in [4.69, 9.17) is 15.5 Å². The maximum Gasteiger partial charge on any atom is 0.145 e. The standard InChI is InChI=1S/C26H29N5O3/c1-14-2-7-19-22(34-14)12-16-5-3-15(10-20(16)30-19)4-6-17-11-21(24(33)23(17)32)31-9-8-18-25(27)28-13-29-26(18)31/h3,5,8-10,12-14,17,21,23-24,32-33H,2,4,6-7,11H2,1H3,(H2,27,28,29)/t14-,17+,21-,23-,24+/m1/s1. The Morgan fingerprint density at radius 2 is 2.03 bits per heavy atom. The molecule has 1 aliphatic heterocycles. The average molecular weight is 460 g/mol. The van der Waals surface area contributed by atoms with Crippen LogP contribution in [0.4, 0.5) is 5.82 Å². The summed E-state index contributed by atoms with van der Waals surface area (Å²) < 4.78 is 7.87. The molecule has 6 rings (SSSR count). The van der Waals surface area contributed by atoms with Gasteiger partial charge >= 0.3 is 0 Å². The number of aliphatic hydroxyl groups is 2. The third kappa shape index (κ3) is 3.58. The number of rotatable bonds is 4. The van der Waals surface area contributed by atoms with Crippen molar-refractivity contribution in [3.63, 3.8) is 0 Å². The molecule has 1 saturated carbocycles. The van der Waals surface area contributed by atoms with E-state index in [0.29, 0.717) is 17.9 Å². The Balaban J connectivity index is 1.19. The number of nitrogens with two attached hydrogens (primary N) is 1. The topological polar surface area (TPSA) is 119 Å². The van der Waals surface area contributed by atoms with Crippen LogP contribution in [-0.2, 0) is 12.8 Å². The number of anilines is 1. The van der Waals surface area contributed by atoms with Crippen LogP contribution in [0.1, 0.15) is 43.5 Å². The Labute approximate surface area is 197 Å². The first kappa shape index (κ1) is 21.3.